The summed E-state index contributed by atoms with van der Waals surface area (Å²) in [5.41, 5.74) is 2.45. The minimum absolute atomic E-state index is 0. The van der Waals surface area contributed by atoms with Crippen molar-refractivity contribution < 1.29 is 5.11 Å². The van der Waals surface area contributed by atoms with Gasteiger partial charge < -0.3 is 10.0 Å². The van der Waals surface area contributed by atoms with Crippen LogP contribution in [0.5, 0.6) is 0 Å². The van der Waals surface area contributed by atoms with Crippen molar-refractivity contribution in [3.63, 3.8) is 0 Å². The molecule has 1 aromatic carbocycles. The van der Waals surface area contributed by atoms with E-state index in [9.17, 15) is 0 Å². The number of benzene rings is 1. The van der Waals surface area contributed by atoms with E-state index in [0.717, 1.165) is 6.54 Å². The molecule has 1 N–H and O–H groups in total. The van der Waals surface area contributed by atoms with Crippen molar-refractivity contribution in [1.29, 1.82) is 0 Å². The quantitative estimate of drug-likeness (QED) is 0.742. The fourth-order valence-electron chi connectivity index (χ4n) is 1.42. The molecule has 0 unspecified atom stereocenters. The second-order valence-corrected chi connectivity index (χ2v) is 3.14. The zero-order valence-electron chi connectivity index (χ0n) is 8.33. The number of aryl methyl sites for hydroxylation is 1. The second kappa shape index (κ2) is 7.30. The van der Waals surface area contributed by atoms with Gasteiger partial charge in [-0.15, -0.1) is 0 Å². The van der Waals surface area contributed by atoms with Crippen molar-refractivity contribution in [1.82, 2.24) is 0 Å². The van der Waals surface area contributed by atoms with Crippen LogP contribution in [0.3, 0.4) is 0 Å². The third kappa shape index (κ3) is 4.01. The molecule has 0 aliphatic heterocycles. The maximum absolute atomic E-state index is 8.86. The molecule has 0 saturated heterocycles. The molecule has 14 heavy (non-hydrogen) atoms. The van der Waals surface area contributed by atoms with Crippen LogP contribution >= 0.6 is 0 Å². The van der Waals surface area contributed by atoms with Crippen molar-refractivity contribution >= 4 is 35.2 Å². The predicted octanol–water partition coefficient (Wildman–Crippen LogP) is 1.17. The van der Waals surface area contributed by atoms with Crippen molar-refractivity contribution in [3.05, 3.63) is 29.8 Å². The van der Waals surface area contributed by atoms with Gasteiger partial charge >= 0.3 is 29.6 Å². The van der Waals surface area contributed by atoms with Crippen LogP contribution in [-0.4, -0.2) is 54.4 Å². The van der Waals surface area contributed by atoms with E-state index in [4.69, 9.17) is 5.11 Å². The summed E-state index contributed by atoms with van der Waals surface area (Å²) in [6, 6.07) is 8.34. The summed E-state index contributed by atoms with van der Waals surface area (Å²) >= 11 is 0. The number of hydrogen-bond acceptors (Lipinski definition) is 2. The molecule has 1 aromatic rings. The maximum atomic E-state index is 8.86. The summed E-state index contributed by atoms with van der Waals surface area (Å²) < 4.78 is 0. The first-order valence-corrected chi connectivity index (χ1v) is 4.70. The number of rotatable bonds is 4. The zero-order chi connectivity index (χ0) is 9.68. The van der Waals surface area contributed by atoms with Crippen LogP contribution in [0, 0.1) is 6.92 Å². The number of nitrogens with zero attached hydrogens (tertiary/aromatic N) is 1. The van der Waals surface area contributed by atoms with E-state index in [0.29, 0.717) is 6.54 Å². The van der Waals surface area contributed by atoms with Gasteiger partial charge in [-0.1, -0.05) is 12.1 Å². The molecule has 0 aliphatic carbocycles. The van der Waals surface area contributed by atoms with E-state index in [1.54, 1.807) is 0 Å². The second-order valence-electron chi connectivity index (χ2n) is 3.14. The van der Waals surface area contributed by atoms with E-state index in [2.05, 4.69) is 36.9 Å². The molecule has 0 atom stereocenters. The first-order chi connectivity index (χ1) is 6.27. The van der Waals surface area contributed by atoms with Gasteiger partial charge in [0.1, 0.15) is 0 Å². The van der Waals surface area contributed by atoms with Crippen molar-refractivity contribution in [2.75, 3.05) is 24.6 Å². The van der Waals surface area contributed by atoms with Crippen LogP contribution in [0.25, 0.3) is 0 Å². The van der Waals surface area contributed by atoms with Gasteiger partial charge in [-0.3, -0.25) is 0 Å². The van der Waals surface area contributed by atoms with E-state index < -0.39 is 0 Å². The first-order valence-electron chi connectivity index (χ1n) is 4.70. The van der Waals surface area contributed by atoms with Gasteiger partial charge in [0.15, 0.2) is 0 Å². The van der Waals surface area contributed by atoms with E-state index in [1.165, 1.54) is 11.3 Å². The molecular formula is C11H18NNaO. The van der Waals surface area contributed by atoms with Crippen LogP contribution in [0.15, 0.2) is 24.3 Å². The van der Waals surface area contributed by atoms with Gasteiger partial charge in [0.25, 0.3) is 0 Å². The monoisotopic (exact) mass is 203 g/mol. The predicted molar refractivity (Wildman–Crippen MR) is 63.3 cm³/mol. The molecule has 0 heterocycles. The Hall–Kier alpha value is -0.0200. The number of hydrogen-bond donors (Lipinski definition) is 1. The summed E-state index contributed by atoms with van der Waals surface area (Å²) in [5, 5.41) is 8.86. The molecule has 0 aliphatic rings. The summed E-state index contributed by atoms with van der Waals surface area (Å²) in [5.74, 6) is 0. The van der Waals surface area contributed by atoms with Gasteiger partial charge in [0, 0.05) is 18.8 Å². The summed E-state index contributed by atoms with van der Waals surface area (Å²) in [6.45, 7) is 6.03. The Kier molecular flexibility index (Phi) is 7.28. The molecule has 2 nitrogen and oxygen atoms in total. The Morgan fingerprint density at radius 2 is 2.07 bits per heavy atom. The molecule has 0 spiro atoms. The standard InChI is InChI=1S/C11H17NO.Na.H/c1-3-12(7-8-13)11-6-4-5-10(2)9-11;;/h4-6,9,13H,3,7-8H2,1-2H3;;. The third-order valence-electron chi connectivity index (χ3n) is 2.12. The van der Waals surface area contributed by atoms with Gasteiger partial charge in [-0.25, -0.2) is 0 Å². The molecule has 0 saturated carbocycles. The molecule has 0 amide bonds. The Morgan fingerprint density at radius 3 is 2.57 bits per heavy atom. The molecular weight excluding hydrogens is 185 g/mol. The van der Waals surface area contributed by atoms with Gasteiger partial charge in [-0.2, -0.15) is 0 Å². The topological polar surface area (TPSA) is 23.5 Å². The number of anilines is 1. The normalized spacial score (nSPS) is 9.36. The van der Waals surface area contributed by atoms with Crippen LogP contribution in [0.2, 0.25) is 0 Å². The van der Waals surface area contributed by atoms with Gasteiger partial charge in [0.2, 0.25) is 0 Å². The number of aliphatic hydroxyl groups excluding tert-OH is 1. The summed E-state index contributed by atoms with van der Waals surface area (Å²) in [6.07, 6.45) is 0. The van der Waals surface area contributed by atoms with Crippen LogP contribution < -0.4 is 4.90 Å². The fourth-order valence-corrected chi connectivity index (χ4v) is 1.42. The molecule has 0 bridgehead atoms. The van der Waals surface area contributed by atoms with Crippen LogP contribution in [0.1, 0.15) is 12.5 Å². The van der Waals surface area contributed by atoms with E-state index in [-0.39, 0.29) is 36.2 Å². The molecule has 1 rings (SSSR count). The van der Waals surface area contributed by atoms with Crippen LogP contribution in [0.4, 0.5) is 5.69 Å². The Bertz CT molecular complexity index is 265. The Balaban J connectivity index is 0.00000169. The van der Waals surface area contributed by atoms with E-state index >= 15 is 0 Å². The zero-order valence-corrected chi connectivity index (χ0v) is 8.33. The van der Waals surface area contributed by atoms with E-state index in [1.807, 2.05) is 6.07 Å². The minimum atomic E-state index is 0. The number of likely N-dealkylation sites (N-methyl/N-ethyl adjacent to an activating group) is 1. The number of aliphatic hydroxyl groups is 1. The third-order valence-corrected chi connectivity index (χ3v) is 2.12. The molecule has 0 radical (unpaired) electrons. The van der Waals surface area contributed by atoms with Crippen molar-refractivity contribution in [3.8, 4) is 0 Å². The van der Waals surface area contributed by atoms with Gasteiger partial charge in [-0.05, 0) is 31.5 Å². The van der Waals surface area contributed by atoms with Crippen LogP contribution in [-0.2, 0) is 0 Å². The fraction of sp³-hybridized carbons (Fsp3) is 0.455. The first kappa shape index (κ1) is 14.0. The summed E-state index contributed by atoms with van der Waals surface area (Å²) in [4.78, 5) is 2.16. The SMILES string of the molecule is CCN(CCO)c1cccc(C)c1.[NaH]. The molecule has 74 valence electrons. The molecule has 0 fully saturated rings. The Morgan fingerprint density at radius 1 is 1.36 bits per heavy atom. The average molecular weight is 203 g/mol. The van der Waals surface area contributed by atoms with Crippen molar-refractivity contribution in [2.45, 2.75) is 13.8 Å². The molecule has 3 heteroatoms. The average Bonchev–Trinajstić information content (AvgIpc) is 2.14. The molecule has 0 aromatic heterocycles. The Labute approximate surface area is 108 Å². The van der Waals surface area contributed by atoms with Crippen molar-refractivity contribution in [2.24, 2.45) is 0 Å². The summed E-state index contributed by atoms with van der Waals surface area (Å²) in [7, 11) is 0. The van der Waals surface area contributed by atoms with Gasteiger partial charge in [0.05, 0.1) is 6.61 Å².